The van der Waals surface area contributed by atoms with Crippen LogP contribution in [0.4, 0.5) is 13.2 Å². The Labute approximate surface area is 188 Å². The van der Waals surface area contributed by atoms with Crippen LogP contribution in [0.1, 0.15) is 47.1 Å². The second-order valence-electron chi connectivity index (χ2n) is 10.0. The van der Waals surface area contributed by atoms with Crippen LogP contribution in [-0.4, -0.2) is 34.6 Å². The number of amides is 2. The van der Waals surface area contributed by atoms with Crippen molar-refractivity contribution in [3.63, 3.8) is 0 Å². The zero-order chi connectivity index (χ0) is 24.1. The number of hydrogen-bond acceptors (Lipinski definition) is 3. The maximum atomic E-state index is 13.9. The first-order valence-electron chi connectivity index (χ1n) is 10.6. The topological polar surface area (TPSA) is 66.1 Å². The molecule has 1 aliphatic rings. The number of hydrogen-bond donors (Lipinski definition) is 1. The van der Waals surface area contributed by atoms with Gasteiger partial charge >= 0.3 is 6.18 Å². The van der Waals surface area contributed by atoms with E-state index in [0.717, 1.165) is 23.2 Å². The van der Waals surface area contributed by atoms with Gasteiger partial charge in [0.2, 0.25) is 0 Å². The first kappa shape index (κ1) is 21.6. The number of halogens is 3. The molecule has 33 heavy (non-hydrogen) atoms. The minimum absolute atomic E-state index is 0.00989. The SMILES string of the molecule is CC(C)(C)[Si](C)(C)N1C(=O)c2c(c3c4ccccc4[nH]c3c3ncc(C(F)(F)F)cc23)C1=O. The van der Waals surface area contributed by atoms with E-state index in [1.807, 2.05) is 58.1 Å². The van der Waals surface area contributed by atoms with Crippen LogP contribution in [0.2, 0.25) is 18.1 Å². The van der Waals surface area contributed by atoms with Crippen molar-refractivity contribution in [3.8, 4) is 0 Å². The summed E-state index contributed by atoms with van der Waals surface area (Å²) in [7, 11) is -2.69. The van der Waals surface area contributed by atoms with Crippen LogP contribution in [0.3, 0.4) is 0 Å². The number of para-hydroxylation sites is 1. The number of fused-ring (bicyclic) bond motifs is 8. The number of H-pyrrole nitrogens is 1. The average molecular weight is 470 g/mol. The molecule has 0 saturated heterocycles. The lowest BCUT2D eigenvalue weighted by Gasteiger charge is -2.42. The fourth-order valence-corrected chi connectivity index (χ4v) is 6.35. The van der Waals surface area contributed by atoms with Gasteiger partial charge in [-0.15, -0.1) is 0 Å². The van der Waals surface area contributed by atoms with Crippen molar-refractivity contribution in [2.24, 2.45) is 0 Å². The summed E-state index contributed by atoms with van der Waals surface area (Å²) in [6.45, 7) is 9.80. The molecule has 2 amide bonds. The van der Waals surface area contributed by atoms with Crippen LogP contribution in [0.5, 0.6) is 0 Å². The lowest BCUT2D eigenvalue weighted by molar-refractivity contribution is -0.137. The summed E-state index contributed by atoms with van der Waals surface area (Å²) in [5.74, 6) is -0.990. The molecule has 0 saturated carbocycles. The van der Waals surface area contributed by atoms with Crippen LogP contribution >= 0.6 is 0 Å². The zero-order valence-electron chi connectivity index (χ0n) is 18.8. The van der Waals surface area contributed by atoms with Crippen molar-refractivity contribution >= 4 is 52.8 Å². The maximum Gasteiger partial charge on any atom is 0.417 e. The van der Waals surface area contributed by atoms with Gasteiger partial charge in [0.1, 0.15) is 0 Å². The molecular weight excluding hydrogens is 447 g/mol. The van der Waals surface area contributed by atoms with E-state index < -0.39 is 31.8 Å². The van der Waals surface area contributed by atoms with E-state index in [1.54, 1.807) is 0 Å². The molecule has 0 atom stereocenters. The lowest BCUT2D eigenvalue weighted by atomic mass is 9.96. The second-order valence-corrected chi connectivity index (χ2v) is 15.1. The Balaban J connectivity index is 1.97. The van der Waals surface area contributed by atoms with E-state index in [-0.39, 0.29) is 27.1 Å². The van der Waals surface area contributed by atoms with E-state index in [1.165, 1.54) is 4.57 Å². The summed E-state index contributed by atoms with van der Waals surface area (Å²) in [4.78, 5) is 35.0. The van der Waals surface area contributed by atoms with Crippen molar-refractivity contribution in [3.05, 3.63) is 53.2 Å². The molecule has 1 aliphatic heterocycles. The van der Waals surface area contributed by atoms with Gasteiger partial charge in [0.05, 0.1) is 27.7 Å². The minimum atomic E-state index is -4.63. The van der Waals surface area contributed by atoms with Gasteiger partial charge in [-0.2, -0.15) is 13.2 Å². The number of aromatic amines is 1. The Morgan fingerprint density at radius 2 is 1.61 bits per heavy atom. The van der Waals surface area contributed by atoms with E-state index in [9.17, 15) is 22.8 Å². The number of rotatable bonds is 1. The molecule has 0 spiro atoms. The zero-order valence-corrected chi connectivity index (χ0v) is 19.8. The Hall–Kier alpha value is -3.20. The van der Waals surface area contributed by atoms with Crippen molar-refractivity contribution in [1.29, 1.82) is 0 Å². The Morgan fingerprint density at radius 3 is 2.24 bits per heavy atom. The van der Waals surface area contributed by atoms with Crippen molar-refractivity contribution < 1.29 is 22.8 Å². The number of carbonyl (C=O) groups excluding carboxylic acids is 2. The highest BCUT2D eigenvalue weighted by Gasteiger charge is 2.52. The molecule has 1 N–H and O–H groups in total. The summed E-state index contributed by atoms with van der Waals surface area (Å²) < 4.78 is 42.0. The molecule has 2 aromatic carbocycles. The molecule has 0 aliphatic carbocycles. The van der Waals surface area contributed by atoms with Gasteiger partial charge in [-0.1, -0.05) is 52.1 Å². The average Bonchev–Trinajstić information content (AvgIpc) is 3.21. The summed E-state index contributed by atoms with van der Waals surface area (Å²) in [6, 6.07) is 8.23. The van der Waals surface area contributed by atoms with Gasteiger partial charge in [-0.25, -0.2) is 0 Å². The van der Waals surface area contributed by atoms with Crippen LogP contribution in [-0.2, 0) is 6.18 Å². The lowest BCUT2D eigenvalue weighted by Crippen LogP contribution is -2.57. The first-order chi connectivity index (χ1) is 15.2. The summed E-state index contributed by atoms with van der Waals surface area (Å²) in [5, 5.41) is 0.953. The molecular formula is C24H22F3N3O2Si. The molecule has 3 heterocycles. The number of aromatic nitrogens is 2. The van der Waals surface area contributed by atoms with E-state index >= 15 is 0 Å². The molecule has 170 valence electrons. The third-order valence-electron chi connectivity index (χ3n) is 7.16. The fraction of sp³-hybridized carbons (Fsp3) is 0.292. The molecule has 5 rings (SSSR count). The first-order valence-corrected chi connectivity index (χ1v) is 13.5. The van der Waals surface area contributed by atoms with E-state index in [2.05, 4.69) is 9.97 Å². The molecule has 2 aromatic heterocycles. The second kappa shape index (κ2) is 6.44. The highest BCUT2D eigenvalue weighted by Crippen LogP contribution is 2.47. The van der Waals surface area contributed by atoms with Crippen molar-refractivity contribution in [2.45, 2.75) is 45.1 Å². The standard InChI is InChI=1S/C24H22F3N3O2Si/c1-23(2,3)33(4,5)30-21(31)17-14-10-12(24(25,26)27)11-28-19(14)20-16(18(17)22(30)32)13-8-6-7-9-15(13)29-20/h6-11,29H,1-5H3. The van der Waals surface area contributed by atoms with Crippen LogP contribution < -0.4 is 0 Å². The van der Waals surface area contributed by atoms with Gasteiger partial charge < -0.3 is 9.55 Å². The van der Waals surface area contributed by atoms with Crippen molar-refractivity contribution in [2.75, 3.05) is 0 Å². The number of nitrogens with one attached hydrogen (secondary N) is 1. The van der Waals surface area contributed by atoms with E-state index in [4.69, 9.17) is 0 Å². The highest BCUT2D eigenvalue weighted by molar-refractivity contribution is 6.83. The maximum absolute atomic E-state index is 13.9. The third-order valence-corrected chi connectivity index (χ3v) is 12.4. The predicted molar refractivity (Wildman–Crippen MR) is 124 cm³/mol. The molecule has 0 fully saturated rings. The Morgan fingerprint density at radius 1 is 0.970 bits per heavy atom. The normalized spacial score (nSPS) is 15.3. The Bertz CT molecular complexity index is 1510. The van der Waals surface area contributed by atoms with Gasteiger partial charge in [-0.3, -0.25) is 14.6 Å². The van der Waals surface area contributed by atoms with E-state index in [0.29, 0.717) is 10.9 Å². The number of alkyl halides is 3. The van der Waals surface area contributed by atoms with Gasteiger partial charge in [0.25, 0.3) is 11.8 Å². The number of carbonyl (C=O) groups is 2. The third kappa shape index (κ3) is 2.81. The quantitative estimate of drug-likeness (QED) is 0.256. The van der Waals surface area contributed by atoms with Crippen LogP contribution in [0.15, 0.2) is 36.5 Å². The molecule has 4 aromatic rings. The molecule has 0 radical (unpaired) electrons. The summed E-state index contributed by atoms with van der Waals surface area (Å²) in [5.41, 5.74) is 0.623. The minimum Gasteiger partial charge on any atom is -0.353 e. The predicted octanol–water partition coefficient (Wildman–Crippen LogP) is 6.49. The molecule has 0 bridgehead atoms. The number of imide groups is 1. The van der Waals surface area contributed by atoms with Gasteiger partial charge in [-0.05, 0) is 17.2 Å². The smallest absolute Gasteiger partial charge is 0.353 e. The molecule has 0 unspecified atom stereocenters. The highest BCUT2D eigenvalue weighted by atomic mass is 28.3. The van der Waals surface area contributed by atoms with Gasteiger partial charge in [0, 0.05) is 27.9 Å². The molecule has 5 nitrogen and oxygen atoms in total. The van der Waals surface area contributed by atoms with Crippen molar-refractivity contribution in [1.82, 2.24) is 14.5 Å². The monoisotopic (exact) mass is 469 g/mol. The number of nitrogens with zero attached hydrogens (tertiary/aromatic N) is 2. The molecule has 9 heteroatoms. The van der Waals surface area contributed by atoms with Crippen LogP contribution in [0, 0.1) is 0 Å². The fourth-order valence-electron chi connectivity index (χ4n) is 4.44. The summed E-state index contributed by atoms with van der Waals surface area (Å²) >= 11 is 0. The number of pyridine rings is 1. The Kier molecular flexibility index (Phi) is 4.22. The number of benzene rings is 2. The largest absolute Gasteiger partial charge is 0.417 e. The summed E-state index contributed by atoms with van der Waals surface area (Å²) in [6.07, 6.45) is -3.86. The van der Waals surface area contributed by atoms with Gasteiger partial charge in [0.15, 0.2) is 8.24 Å². The van der Waals surface area contributed by atoms with Crippen LogP contribution in [0.25, 0.3) is 32.7 Å².